The summed E-state index contributed by atoms with van der Waals surface area (Å²) in [5.41, 5.74) is 14.2. The maximum Gasteiger partial charge on any atom is 0.410 e. The zero-order valence-electron chi connectivity index (χ0n) is 29.5. The second kappa shape index (κ2) is 15.0. The number of rotatable bonds is 2. The molecule has 4 N–H and O–H groups in total. The van der Waals surface area contributed by atoms with Gasteiger partial charge in [-0.1, -0.05) is 29.3 Å². The van der Waals surface area contributed by atoms with Gasteiger partial charge in [0.2, 0.25) is 11.9 Å². The number of fused-ring (bicyclic) bond motifs is 2. The molecule has 0 bridgehead atoms. The number of anilines is 2. The van der Waals surface area contributed by atoms with Gasteiger partial charge in [-0.25, -0.2) is 33.9 Å². The van der Waals surface area contributed by atoms with Crippen LogP contribution in [0.4, 0.5) is 25.9 Å². The Labute approximate surface area is 306 Å². The molecule has 1 fully saturated rings. The van der Waals surface area contributed by atoms with Crippen molar-refractivity contribution in [3.8, 4) is 0 Å². The van der Waals surface area contributed by atoms with Crippen LogP contribution >= 0.6 is 23.2 Å². The highest BCUT2D eigenvalue weighted by molar-refractivity contribution is 6.33. The number of carbonyl (C=O) groups is 2. The number of benzene rings is 2. The molecule has 2 aromatic heterocycles. The van der Waals surface area contributed by atoms with Gasteiger partial charge >= 0.3 is 12.2 Å². The van der Waals surface area contributed by atoms with Crippen LogP contribution in [-0.2, 0) is 9.47 Å². The van der Waals surface area contributed by atoms with E-state index >= 15 is 0 Å². The number of nitrogens with two attached hydrogens (primary N) is 2. The van der Waals surface area contributed by atoms with E-state index in [0.717, 1.165) is 27.4 Å². The minimum atomic E-state index is -1.24. The van der Waals surface area contributed by atoms with Crippen LogP contribution in [0.15, 0.2) is 42.7 Å². The Morgan fingerprint density at radius 1 is 0.824 bits per heavy atom. The van der Waals surface area contributed by atoms with E-state index in [-0.39, 0.29) is 24.5 Å². The minimum Gasteiger partial charge on any atom is -0.444 e. The summed E-state index contributed by atoms with van der Waals surface area (Å²) >= 11 is 12.8. The van der Waals surface area contributed by atoms with Gasteiger partial charge in [0.25, 0.3) is 0 Å². The molecule has 1 saturated heterocycles. The molecule has 0 spiro atoms. The Hall–Kier alpha value is -4.49. The molecule has 0 radical (unpaired) electrons. The maximum absolute atomic E-state index is 14.9. The lowest BCUT2D eigenvalue weighted by Gasteiger charge is -2.36. The van der Waals surface area contributed by atoms with Crippen molar-refractivity contribution in [1.82, 2.24) is 29.7 Å². The van der Waals surface area contributed by atoms with E-state index in [1.165, 1.54) is 4.90 Å². The highest BCUT2D eigenvalue weighted by Crippen LogP contribution is 2.37. The number of carbonyl (C=O) groups excluding carboxylic acids is 2. The number of nitrogens with zero attached hydrogens (tertiary/aromatic N) is 6. The summed E-state index contributed by atoms with van der Waals surface area (Å²) in [6.07, 6.45) is 4.36. The van der Waals surface area contributed by atoms with Crippen LogP contribution in [0.25, 0.3) is 27.4 Å². The smallest absolute Gasteiger partial charge is 0.410 e. The minimum absolute atomic E-state index is 0.0279. The molecule has 2 amide bonds. The summed E-state index contributed by atoms with van der Waals surface area (Å²) in [6, 6.07) is 7.24. The highest BCUT2D eigenvalue weighted by Gasteiger charge is 2.35. The van der Waals surface area contributed by atoms with Crippen molar-refractivity contribution in [2.75, 3.05) is 37.6 Å². The van der Waals surface area contributed by atoms with Crippen LogP contribution in [0, 0.1) is 0 Å². The summed E-state index contributed by atoms with van der Waals surface area (Å²) in [6.45, 7) is 12.4. The molecule has 2 atom stereocenters. The number of aromatic nitrogens is 4. The lowest BCUT2D eigenvalue weighted by molar-refractivity contribution is 0.0111. The first-order valence-corrected chi connectivity index (χ1v) is 17.4. The van der Waals surface area contributed by atoms with Gasteiger partial charge in [-0.2, -0.15) is 0 Å². The Balaban J connectivity index is 0.000000198. The van der Waals surface area contributed by atoms with E-state index in [1.807, 2.05) is 39.0 Å². The fourth-order valence-electron chi connectivity index (χ4n) is 5.83. The normalized spacial score (nSPS) is 18.2. The predicted molar refractivity (Wildman–Crippen MR) is 198 cm³/mol. The first-order chi connectivity index (χ1) is 23.9. The Kier molecular flexibility index (Phi) is 11.1. The van der Waals surface area contributed by atoms with Crippen LogP contribution in [0.2, 0.25) is 10.0 Å². The predicted octanol–water partition coefficient (Wildman–Crippen LogP) is 7.82. The third-order valence-electron chi connectivity index (χ3n) is 8.20. The van der Waals surface area contributed by atoms with E-state index in [9.17, 15) is 14.0 Å². The Morgan fingerprint density at radius 2 is 1.37 bits per heavy atom. The zero-order valence-corrected chi connectivity index (χ0v) is 31.1. The molecule has 2 aromatic carbocycles. The number of piperidine rings is 1. The van der Waals surface area contributed by atoms with Crippen molar-refractivity contribution in [3.63, 3.8) is 0 Å². The number of nitrogen functional groups attached to an aromatic ring is 2. The molecule has 0 aliphatic carbocycles. The second-order valence-corrected chi connectivity index (χ2v) is 15.3. The number of alkyl halides is 1. The van der Waals surface area contributed by atoms with Crippen molar-refractivity contribution in [2.24, 2.45) is 0 Å². The first-order valence-electron chi connectivity index (χ1n) is 16.6. The molecule has 4 heterocycles. The molecule has 272 valence electrons. The molecule has 51 heavy (non-hydrogen) atoms. The summed E-state index contributed by atoms with van der Waals surface area (Å²) in [7, 11) is 0. The van der Waals surface area contributed by atoms with Crippen LogP contribution in [0.1, 0.15) is 71.4 Å². The number of halogens is 3. The second-order valence-electron chi connectivity index (χ2n) is 14.5. The van der Waals surface area contributed by atoms with Gasteiger partial charge in [-0.3, -0.25) is 0 Å². The van der Waals surface area contributed by atoms with Crippen molar-refractivity contribution < 1.29 is 23.5 Å². The number of ether oxygens (including phenoxy) is 2. The SMILES string of the molecule is CC(C)(C)OC(=O)N1CC=C(c2cc3nc(N)ncc3cc2Cl)CC1.CC(C)(C)OC(=O)N1CC[C@H](c2cc3nc(N)ncc3cc2Cl)[C@@H](F)C1. The summed E-state index contributed by atoms with van der Waals surface area (Å²) in [4.78, 5) is 43.8. The zero-order chi connectivity index (χ0) is 37.2. The van der Waals surface area contributed by atoms with Crippen LogP contribution in [-0.4, -0.2) is 85.5 Å². The Morgan fingerprint density at radius 3 is 1.90 bits per heavy atom. The average molecular weight is 742 g/mol. The van der Waals surface area contributed by atoms with Crippen molar-refractivity contribution >= 4 is 74.7 Å². The number of hydrogen-bond donors (Lipinski definition) is 2. The molecule has 0 saturated carbocycles. The van der Waals surface area contributed by atoms with Crippen LogP contribution in [0.3, 0.4) is 0 Å². The molecule has 2 aliphatic rings. The quantitative estimate of drug-likeness (QED) is 0.207. The van der Waals surface area contributed by atoms with E-state index in [1.54, 1.807) is 50.2 Å². The number of hydrogen-bond acceptors (Lipinski definition) is 10. The van der Waals surface area contributed by atoms with Crippen LogP contribution in [0.5, 0.6) is 0 Å². The average Bonchev–Trinajstić information content (AvgIpc) is 3.03. The van der Waals surface area contributed by atoms with Crippen LogP contribution < -0.4 is 11.5 Å². The summed E-state index contributed by atoms with van der Waals surface area (Å²) in [5, 5.41) is 2.69. The summed E-state index contributed by atoms with van der Waals surface area (Å²) < 4.78 is 25.6. The third-order valence-corrected chi connectivity index (χ3v) is 8.84. The standard InChI is InChI=1S/C18H22ClFN4O2.C18H21ClN4O2/c1-18(2,3)26-17(25)24-5-4-11(14(20)9-24)12-7-15-10(6-13(12)19)8-22-16(21)23-15;1-18(2,3)25-17(24)23-6-4-11(5-7-23)13-9-15-12(8-14(13)19)10-21-16(20)22-15/h6-8,11,14H,4-5,9H2,1-3H3,(H2,21,22,23);4,8-10H,5-7H2,1-3H3,(H2,20,21,22)/t11-,14+;/m1./s1. The maximum atomic E-state index is 14.9. The third kappa shape index (κ3) is 9.65. The lowest BCUT2D eigenvalue weighted by atomic mass is 9.87. The fourth-order valence-corrected chi connectivity index (χ4v) is 6.44. The van der Waals surface area contributed by atoms with Crippen molar-refractivity contribution in [2.45, 2.75) is 77.7 Å². The molecular weight excluding hydrogens is 698 g/mol. The molecule has 6 rings (SSSR count). The highest BCUT2D eigenvalue weighted by atomic mass is 35.5. The van der Waals surface area contributed by atoms with Gasteiger partial charge in [0.15, 0.2) is 0 Å². The van der Waals surface area contributed by atoms with E-state index in [0.29, 0.717) is 53.6 Å². The van der Waals surface area contributed by atoms with Crippen molar-refractivity contribution in [1.29, 1.82) is 0 Å². The number of amides is 2. The number of likely N-dealkylation sites (tertiary alicyclic amines) is 1. The molecule has 4 aromatic rings. The first kappa shape index (κ1) is 37.8. The monoisotopic (exact) mass is 740 g/mol. The molecule has 2 aliphatic heterocycles. The molecular formula is C36H43Cl2FN8O4. The molecule has 15 heteroatoms. The largest absolute Gasteiger partial charge is 0.444 e. The lowest BCUT2D eigenvalue weighted by Crippen LogP contribution is -2.46. The van der Waals surface area contributed by atoms with Gasteiger partial charge < -0.3 is 30.7 Å². The van der Waals surface area contributed by atoms with E-state index < -0.39 is 29.4 Å². The van der Waals surface area contributed by atoms with Crippen molar-refractivity contribution in [3.05, 3.63) is 63.9 Å². The molecule has 0 unspecified atom stereocenters. The van der Waals surface area contributed by atoms with Gasteiger partial charge in [0.1, 0.15) is 17.4 Å². The van der Waals surface area contributed by atoms with E-state index in [4.69, 9.17) is 44.1 Å². The van der Waals surface area contributed by atoms with Gasteiger partial charge in [-0.15, -0.1) is 0 Å². The topological polar surface area (TPSA) is 163 Å². The van der Waals surface area contributed by atoms with Gasteiger partial charge in [-0.05, 0) is 95.3 Å². The van der Waals surface area contributed by atoms with Gasteiger partial charge in [0.05, 0.1) is 17.6 Å². The summed E-state index contributed by atoms with van der Waals surface area (Å²) in [5.74, 6) is -0.0291. The van der Waals surface area contributed by atoms with E-state index in [2.05, 4.69) is 19.9 Å². The fraction of sp³-hybridized carbons (Fsp3) is 0.444. The Bertz CT molecular complexity index is 1980. The molecule has 12 nitrogen and oxygen atoms in total. The van der Waals surface area contributed by atoms with Gasteiger partial charge in [0, 0.05) is 58.8 Å².